The number of fused-ring (bicyclic) bond motifs is 1. The monoisotopic (exact) mass is 479 g/mol. The van der Waals surface area contributed by atoms with E-state index in [1.54, 1.807) is 0 Å². The summed E-state index contributed by atoms with van der Waals surface area (Å²) in [5, 5.41) is 5.58. The molecule has 35 heavy (non-hydrogen) atoms. The quantitative estimate of drug-likeness (QED) is 0.387. The van der Waals surface area contributed by atoms with Gasteiger partial charge in [-0.25, -0.2) is 4.79 Å². The first-order valence-electron chi connectivity index (χ1n) is 12.4. The molecule has 0 spiro atoms. The summed E-state index contributed by atoms with van der Waals surface area (Å²) in [6.45, 7) is 8.86. The van der Waals surface area contributed by atoms with Crippen molar-refractivity contribution in [3.63, 3.8) is 0 Å². The molecule has 2 aromatic carbocycles. The number of nitrogens with one attached hydrogen (secondary N) is 2. The van der Waals surface area contributed by atoms with Crippen LogP contribution in [0.2, 0.25) is 0 Å². The molecule has 8 heteroatoms. The van der Waals surface area contributed by atoms with E-state index in [0.717, 1.165) is 29.2 Å². The van der Waals surface area contributed by atoms with E-state index >= 15 is 0 Å². The van der Waals surface area contributed by atoms with E-state index in [0.29, 0.717) is 25.4 Å². The first-order valence-corrected chi connectivity index (χ1v) is 12.4. The lowest BCUT2D eigenvalue weighted by Crippen LogP contribution is -2.45. The summed E-state index contributed by atoms with van der Waals surface area (Å²) in [5.74, 6) is 0.0872. The molecule has 4 N–H and O–H groups in total. The van der Waals surface area contributed by atoms with E-state index in [2.05, 4.69) is 48.4 Å². The molecule has 3 rings (SSSR count). The summed E-state index contributed by atoms with van der Waals surface area (Å²) < 4.78 is 1.35. The molecule has 0 saturated carbocycles. The fourth-order valence-electron chi connectivity index (χ4n) is 4.06. The number of nitrogen functional groups attached to an aromatic ring is 1. The molecule has 8 nitrogen and oxygen atoms in total. The van der Waals surface area contributed by atoms with Crippen LogP contribution in [0.1, 0.15) is 58.6 Å². The largest absolute Gasteiger partial charge is 0.383 e. The average Bonchev–Trinajstić information content (AvgIpc) is 2.83. The minimum atomic E-state index is -0.639. The van der Waals surface area contributed by atoms with Crippen molar-refractivity contribution in [1.82, 2.24) is 14.9 Å². The Kier molecular flexibility index (Phi) is 8.87. The van der Waals surface area contributed by atoms with E-state index in [1.807, 2.05) is 32.0 Å². The summed E-state index contributed by atoms with van der Waals surface area (Å²) >= 11 is 0. The Labute approximate surface area is 206 Å². The Balaban J connectivity index is 1.84. The summed E-state index contributed by atoms with van der Waals surface area (Å²) in [6, 6.07) is 14.3. The SMILES string of the molecule is CCCCn1c(N)c(N(CCC(C)C)C(=O)CNC(C)c2ccc3ccccc3c2)c(=O)[nH]c1=O. The minimum absolute atomic E-state index is 0.0268. The Morgan fingerprint density at radius 3 is 2.51 bits per heavy atom. The maximum absolute atomic E-state index is 13.4. The number of benzene rings is 2. The number of nitrogens with two attached hydrogens (primary N) is 1. The highest BCUT2D eigenvalue weighted by molar-refractivity contribution is 5.96. The van der Waals surface area contributed by atoms with Crippen LogP contribution in [0, 0.1) is 5.92 Å². The number of H-pyrrole nitrogens is 1. The van der Waals surface area contributed by atoms with Crippen LogP contribution in [0.15, 0.2) is 52.1 Å². The van der Waals surface area contributed by atoms with Crippen LogP contribution in [0.4, 0.5) is 11.5 Å². The van der Waals surface area contributed by atoms with E-state index in [9.17, 15) is 14.4 Å². The summed E-state index contributed by atoms with van der Waals surface area (Å²) in [6.07, 6.45) is 2.30. The van der Waals surface area contributed by atoms with Gasteiger partial charge in [0.15, 0.2) is 5.69 Å². The Hall–Kier alpha value is -3.39. The van der Waals surface area contributed by atoms with Crippen LogP contribution in [-0.4, -0.2) is 28.5 Å². The molecule has 0 fully saturated rings. The van der Waals surface area contributed by atoms with Gasteiger partial charge in [0.05, 0.1) is 6.54 Å². The van der Waals surface area contributed by atoms with Gasteiger partial charge in [-0.05, 0) is 48.1 Å². The van der Waals surface area contributed by atoms with Crippen molar-refractivity contribution in [2.75, 3.05) is 23.7 Å². The third-order valence-electron chi connectivity index (χ3n) is 6.28. The number of anilines is 2. The molecule has 0 bridgehead atoms. The topological polar surface area (TPSA) is 113 Å². The minimum Gasteiger partial charge on any atom is -0.383 e. The third kappa shape index (κ3) is 6.39. The van der Waals surface area contributed by atoms with Gasteiger partial charge in [0, 0.05) is 19.1 Å². The van der Waals surface area contributed by atoms with Crippen molar-refractivity contribution in [1.29, 1.82) is 0 Å². The van der Waals surface area contributed by atoms with Crippen molar-refractivity contribution in [3.8, 4) is 0 Å². The Morgan fingerprint density at radius 1 is 1.11 bits per heavy atom. The zero-order valence-corrected chi connectivity index (χ0v) is 21.1. The van der Waals surface area contributed by atoms with Gasteiger partial charge >= 0.3 is 5.69 Å². The number of carbonyl (C=O) groups is 1. The van der Waals surface area contributed by atoms with Crippen molar-refractivity contribution in [2.24, 2.45) is 5.92 Å². The molecule has 0 aliphatic heterocycles. The maximum atomic E-state index is 13.4. The van der Waals surface area contributed by atoms with Gasteiger partial charge in [-0.15, -0.1) is 0 Å². The van der Waals surface area contributed by atoms with Crippen molar-refractivity contribution in [2.45, 2.75) is 59.5 Å². The fraction of sp³-hybridized carbons (Fsp3) is 0.444. The second-order valence-electron chi connectivity index (χ2n) is 9.44. The van der Waals surface area contributed by atoms with Gasteiger partial charge in [0.1, 0.15) is 5.82 Å². The van der Waals surface area contributed by atoms with Crippen LogP contribution >= 0.6 is 0 Å². The standard InChI is InChI=1S/C27H37N5O3/c1-5-6-14-32-25(28)24(26(34)30-27(32)35)31(15-13-18(2)3)23(33)17-29-19(4)21-12-11-20-9-7-8-10-22(20)16-21/h7-12,16,18-19,29H,5-6,13-15,17,28H2,1-4H3,(H,30,34,35). The normalized spacial score (nSPS) is 12.3. The average molecular weight is 480 g/mol. The summed E-state index contributed by atoms with van der Waals surface area (Å²) in [4.78, 5) is 42.3. The van der Waals surface area contributed by atoms with Gasteiger partial charge in [0.25, 0.3) is 5.56 Å². The lowest BCUT2D eigenvalue weighted by atomic mass is 10.0. The van der Waals surface area contributed by atoms with E-state index in [1.165, 1.54) is 9.47 Å². The highest BCUT2D eigenvalue weighted by Gasteiger charge is 2.24. The number of hydrogen-bond acceptors (Lipinski definition) is 5. The maximum Gasteiger partial charge on any atom is 0.330 e. The first kappa shape index (κ1) is 26.2. The van der Waals surface area contributed by atoms with Crippen LogP contribution in [-0.2, 0) is 11.3 Å². The summed E-state index contributed by atoms with van der Waals surface area (Å²) in [5.41, 5.74) is 6.22. The molecule has 0 aliphatic carbocycles. The second kappa shape index (κ2) is 11.8. The fourth-order valence-corrected chi connectivity index (χ4v) is 4.06. The van der Waals surface area contributed by atoms with E-state index in [-0.39, 0.29) is 30.0 Å². The molecule has 1 unspecified atom stereocenters. The zero-order chi connectivity index (χ0) is 25.5. The number of hydrogen-bond donors (Lipinski definition) is 3. The number of rotatable bonds is 11. The lowest BCUT2D eigenvalue weighted by molar-refractivity contribution is -0.118. The molecule has 0 saturated heterocycles. The molecular formula is C27H37N5O3. The first-order chi connectivity index (χ1) is 16.7. The van der Waals surface area contributed by atoms with Gasteiger partial charge in [-0.2, -0.15) is 0 Å². The number of aromatic nitrogens is 2. The molecule has 1 aromatic heterocycles. The highest BCUT2D eigenvalue weighted by atomic mass is 16.2. The van der Waals surface area contributed by atoms with Crippen LogP contribution < -0.4 is 27.2 Å². The third-order valence-corrected chi connectivity index (χ3v) is 6.28. The number of carbonyl (C=O) groups excluding carboxylic acids is 1. The van der Waals surface area contributed by atoms with Gasteiger partial charge in [-0.3, -0.25) is 19.1 Å². The molecule has 188 valence electrons. The lowest BCUT2D eigenvalue weighted by Gasteiger charge is -2.26. The molecule has 1 heterocycles. The smallest absolute Gasteiger partial charge is 0.330 e. The van der Waals surface area contributed by atoms with Crippen LogP contribution in [0.25, 0.3) is 10.8 Å². The molecule has 0 radical (unpaired) electrons. The Bertz CT molecular complexity index is 1280. The predicted molar refractivity (Wildman–Crippen MR) is 143 cm³/mol. The number of aromatic amines is 1. The van der Waals surface area contributed by atoms with Gasteiger partial charge in [0.2, 0.25) is 5.91 Å². The molecule has 3 aromatic rings. The molecule has 1 amide bonds. The van der Waals surface area contributed by atoms with Crippen molar-refractivity contribution >= 4 is 28.2 Å². The van der Waals surface area contributed by atoms with Crippen molar-refractivity contribution < 1.29 is 4.79 Å². The van der Waals surface area contributed by atoms with Crippen molar-refractivity contribution in [3.05, 3.63) is 68.9 Å². The van der Waals surface area contributed by atoms with Crippen LogP contribution in [0.5, 0.6) is 0 Å². The van der Waals surface area contributed by atoms with Crippen LogP contribution in [0.3, 0.4) is 0 Å². The van der Waals surface area contributed by atoms with E-state index < -0.39 is 11.2 Å². The van der Waals surface area contributed by atoms with E-state index in [4.69, 9.17) is 5.73 Å². The highest BCUT2D eigenvalue weighted by Crippen LogP contribution is 2.21. The summed E-state index contributed by atoms with van der Waals surface area (Å²) in [7, 11) is 0. The molecular weight excluding hydrogens is 442 g/mol. The molecule has 1 atom stereocenters. The molecule has 0 aliphatic rings. The zero-order valence-electron chi connectivity index (χ0n) is 21.1. The second-order valence-corrected chi connectivity index (χ2v) is 9.44. The predicted octanol–water partition coefficient (Wildman–Crippen LogP) is 3.80. The van der Waals surface area contributed by atoms with Gasteiger partial charge in [-0.1, -0.05) is 63.6 Å². The number of unbranched alkanes of at least 4 members (excludes halogenated alkanes) is 1. The number of nitrogens with zero attached hydrogens (tertiary/aromatic N) is 2. The Morgan fingerprint density at radius 2 is 1.83 bits per heavy atom. The van der Waals surface area contributed by atoms with Gasteiger partial charge < -0.3 is 16.0 Å². The number of amides is 1.